The summed E-state index contributed by atoms with van der Waals surface area (Å²) in [6.07, 6.45) is -1.13. The molecule has 0 aliphatic carbocycles. The number of carbonyl (C=O) groups is 7. The minimum absolute atomic E-state index is 0. The van der Waals surface area contributed by atoms with Crippen LogP contribution < -0.4 is 38.5 Å². The van der Waals surface area contributed by atoms with Gasteiger partial charge in [0.05, 0.1) is 47.3 Å². The molecule has 7 amide bonds. The summed E-state index contributed by atoms with van der Waals surface area (Å²) in [5, 5.41) is 38.7. The maximum absolute atomic E-state index is 14.4. The van der Waals surface area contributed by atoms with Crippen molar-refractivity contribution in [1.82, 2.24) is 30.8 Å². The third-order valence-electron chi connectivity index (χ3n) is 20.5. The molecule has 27 nitrogen and oxygen atoms in total. The molecule has 0 saturated carbocycles. The van der Waals surface area contributed by atoms with E-state index >= 15 is 0 Å². The van der Waals surface area contributed by atoms with Crippen molar-refractivity contribution < 1.29 is 83.8 Å². The van der Waals surface area contributed by atoms with Gasteiger partial charge in [0.2, 0.25) is 42.9 Å². The molecule has 8 rings (SSSR count). The number of nitrogens with zero attached hydrogens (tertiary/aromatic N) is 6. The molecule has 1 aromatic heterocycles. The number of amides is 7. The van der Waals surface area contributed by atoms with E-state index in [2.05, 4.69) is 26.3 Å². The molecule has 29 heteroatoms. The van der Waals surface area contributed by atoms with Crippen LogP contribution in [0.2, 0.25) is 0 Å². The largest absolute Gasteiger partial charge is 3.00 e. The zero-order valence-electron chi connectivity index (χ0n) is 54.5. The van der Waals surface area contributed by atoms with Crippen molar-refractivity contribution in [2.24, 2.45) is 77.5 Å². The van der Waals surface area contributed by atoms with Gasteiger partial charge in [-0.1, -0.05) is 40.7 Å². The van der Waals surface area contributed by atoms with Gasteiger partial charge in [0.1, 0.15) is 18.3 Å². The van der Waals surface area contributed by atoms with Crippen molar-refractivity contribution >= 4 is 78.9 Å². The van der Waals surface area contributed by atoms with E-state index in [1.165, 1.54) is 13.3 Å². The molecule has 15 atom stereocenters. The molecule has 6 aliphatic rings. The van der Waals surface area contributed by atoms with E-state index in [-0.39, 0.29) is 95.3 Å². The number of phosphoric acid groups is 1. The molecule has 0 radical (unpaired) electrons. The maximum Gasteiger partial charge on any atom is 3.00 e. The minimum atomic E-state index is -5.05. The van der Waals surface area contributed by atoms with E-state index in [0.29, 0.717) is 82.1 Å². The van der Waals surface area contributed by atoms with Crippen LogP contribution in [0.15, 0.2) is 67.8 Å². The predicted molar refractivity (Wildman–Crippen MR) is 341 cm³/mol. The van der Waals surface area contributed by atoms with Gasteiger partial charge < -0.3 is 75.6 Å². The number of imidazole rings is 1. The summed E-state index contributed by atoms with van der Waals surface area (Å²) in [7, 11) is -5.05. The number of fused-ring (bicyclic) bond motifs is 7. The Morgan fingerprint density at radius 3 is 2.13 bits per heavy atom. The van der Waals surface area contributed by atoms with Crippen LogP contribution in [0.5, 0.6) is 0 Å². The van der Waals surface area contributed by atoms with Crippen LogP contribution in [-0.2, 0) is 68.7 Å². The second-order valence-electron chi connectivity index (χ2n) is 26.6. The molecule has 6 aliphatic heterocycles. The monoisotopic (exact) mass is 1340 g/mol. The van der Waals surface area contributed by atoms with Gasteiger partial charge in [0, 0.05) is 103 Å². The molecular weight excluding hydrogens is 1250 g/mol. The van der Waals surface area contributed by atoms with E-state index in [4.69, 9.17) is 51.3 Å². The first-order valence-corrected chi connectivity index (χ1v) is 32.1. The number of primary amides is 3. The van der Waals surface area contributed by atoms with E-state index in [1.54, 1.807) is 4.57 Å². The van der Waals surface area contributed by atoms with Gasteiger partial charge in [-0.05, 0) is 113 Å². The molecule has 2 saturated heterocycles. The van der Waals surface area contributed by atoms with Crippen LogP contribution in [-0.4, -0.2) is 153 Å². The summed E-state index contributed by atoms with van der Waals surface area (Å²) < 4.78 is 32.3. The summed E-state index contributed by atoms with van der Waals surface area (Å²) >= 11 is 0. The molecule has 7 heterocycles. The smallest absolute Gasteiger partial charge is 0.664 e. The van der Waals surface area contributed by atoms with Crippen LogP contribution in [0.25, 0.3) is 16.4 Å². The fourth-order valence-electron chi connectivity index (χ4n) is 15.2. The quantitative estimate of drug-likeness (QED) is 0.0238. The van der Waals surface area contributed by atoms with Crippen molar-refractivity contribution in [1.29, 1.82) is 0 Å². The first kappa shape index (κ1) is 74.5. The molecule has 13 N–H and O–H groups in total. The van der Waals surface area contributed by atoms with Crippen LogP contribution in [0.1, 0.15) is 131 Å². The molecule has 2 aromatic rings. The minimum Gasteiger partial charge on any atom is -0.664 e. The van der Waals surface area contributed by atoms with Crippen LogP contribution in [0.3, 0.4) is 0 Å². The van der Waals surface area contributed by atoms with E-state index < -0.39 is 126 Å². The molecule has 2 fully saturated rings. The number of allylic oxidation sites excluding steroid dienone is 6. The number of rotatable bonds is 29. The molecule has 8 bridgehead atoms. The molecule has 1 aromatic carbocycles. The third kappa shape index (κ3) is 14.1. The number of aliphatic hydroxyl groups excluding tert-OH is 2. The topological polar surface area (TPSA) is 420 Å². The number of hydrogen-bond acceptors (Lipinski definition) is 17. The summed E-state index contributed by atoms with van der Waals surface area (Å²) in [5.74, 6) is -4.54. The molecule has 1 unspecified atom stereocenters. The summed E-state index contributed by atoms with van der Waals surface area (Å²) in [4.78, 5) is 123. The Morgan fingerprint density at radius 1 is 0.870 bits per heavy atom. The second kappa shape index (κ2) is 29.0. The molecule has 92 heavy (non-hydrogen) atoms. The number of hydrogen-bond donors (Lipinski definition) is 10. The van der Waals surface area contributed by atoms with Crippen LogP contribution >= 0.6 is 7.82 Å². The molecule has 506 valence electrons. The Morgan fingerprint density at radius 2 is 1.51 bits per heavy atom. The maximum atomic E-state index is 14.4. The Kier molecular flexibility index (Phi) is 23.5. The summed E-state index contributed by atoms with van der Waals surface area (Å²) in [6, 6.07) is 2.90. The number of ether oxygens (including phenoxy) is 1. The normalized spacial score (nSPS) is 33.3. The standard InChI is InChI=1S/C62H90N13O14P.CH3.Co/c1-32-20-42-43(21-33(32)2)75(28-70-42)57-52(84)53(44(26-76)87-57)89-90(85,86)88-34(3)24-69-49(83)16-18-59(8)40(25-67-30-78)56-62(11)61(10,27-68-31-79)39(17-19-66-29-77)51(74-62)36(5)55-60(9,23-48(65)82)37(12-14-46(63)80)41(71-55)22-45-58(6,7)38(13-15-47(64)81)50(72-45)35(4)54(59)73-56;;/h20-22,28-31,34,37-40,44,52-53,56-57,76,84H,12-19,23-27H2,1-11H3,(H12,63,64,65,66,67,68,69,71,72,73,74,77,78,79,80,81,82,83,85,86);1H3;/q;-1;+3/p-1/t34-,37-,38-,39-,40+,44-,52-,53-,56-,57+,59-,60+,61+,62+;;/m1../s1. The third-order valence-corrected chi connectivity index (χ3v) is 21.6. The van der Waals surface area contributed by atoms with Gasteiger partial charge in [-0.25, -0.2) is 9.55 Å². The Hall–Kier alpha value is -6.49. The predicted octanol–water partition coefficient (Wildman–Crippen LogP) is 4.01. The van der Waals surface area contributed by atoms with Crippen molar-refractivity contribution in [3.05, 3.63) is 76.6 Å². The Bertz CT molecular complexity index is 3440. The number of aromatic nitrogens is 2. The average molecular weight is 1350 g/mol. The van der Waals surface area contributed by atoms with Gasteiger partial charge in [-0.3, -0.25) is 57.6 Å². The Labute approximate surface area is 547 Å². The average Bonchev–Trinajstić information content (AvgIpc) is 1.53. The fourth-order valence-corrected chi connectivity index (χ4v) is 16.3. The van der Waals surface area contributed by atoms with Gasteiger partial charge in [-0.15, -0.1) is 0 Å². The zero-order valence-corrected chi connectivity index (χ0v) is 56.5. The van der Waals surface area contributed by atoms with Crippen molar-refractivity contribution in [2.75, 3.05) is 32.8 Å². The summed E-state index contributed by atoms with van der Waals surface area (Å²) in [5.41, 5.74) is 20.0. The number of carbonyl (C=O) groups excluding carboxylic acids is 7. The fraction of sp³-hybridized carbons (Fsp3) is 0.619. The first-order valence-electron chi connectivity index (χ1n) is 30.6. The van der Waals surface area contributed by atoms with Gasteiger partial charge in [-0.2, -0.15) is 11.4 Å². The van der Waals surface area contributed by atoms with Crippen molar-refractivity contribution in [2.45, 2.75) is 170 Å². The van der Waals surface area contributed by atoms with E-state index in [0.717, 1.165) is 11.1 Å². The number of benzene rings is 1. The van der Waals surface area contributed by atoms with Crippen LogP contribution in [0, 0.1) is 66.6 Å². The molecule has 0 spiro atoms. The van der Waals surface area contributed by atoms with Crippen LogP contribution in [0.4, 0.5) is 0 Å². The van der Waals surface area contributed by atoms with Gasteiger partial charge in [0.25, 0.3) is 0 Å². The Balaban J connectivity index is 0.00000672. The zero-order chi connectivity index (χ0) is 66.2. The van der Waals surface area contributed by atoms with E-state index in [9.17, 15) is 53.2 Å². The number of nitrogens with one attached hydrogen (secondary N) is 4. The summed E-state index contributed by atoms with van der Waals surface area (Å²) in [6.45, 7) is 20.1. The van der Waals surface area contributed by atoms with Gasteiger partial charge >= 0.3 is 24.6 Å². The van der Waals surface area contributed by atoms with Crippen molar-refractivity contribution in [3.8, 4) is 0 Å². The molecular formula is C63H92CoN13O14P+. The number of aliphatic hydroxyl groups is 2. The van der Waals surface area contributed by atoms with Gasteiger partial charge in [0.15, 0.2) is 6.23 Å². The first-order chi connectivity index (χ1) is 42.3. The number of nitrogens with two attached hydrogens (primary N) is 3. The van der Waals surface area contributed by atoms with E-state index in [1.807, 2.05) is 87.4 Å². The second-order valence-corrected chi connectivity index (χ2v) is 27.9. The number of aryl methyl sites for hydroxylation is 2. The van der Waals surface area contributed by atoms with Crippen molar-refractivity contribution in [3.63, 3.8) is 0 Å². The number of aliphatic imine (C=N–C) groups is 3. The SMILES string of the molecule is C/C1=C2/[N-]/C(=C\C3=NC(=C(/C)C4=N[C@@](C)([C@@H]5N=C1[C@](C)(CCC(=O)NC[C@@H](C)OP(=O)(O)O[C@H]1[C@@H](O)[C@@H](n6cnc7cc(C)c(C)cc76)O[C@@H]1CO)[C@H]5CNC=O)[C@@](C)(CNC=O)[C@@H]4CCNC=O)/[C@@](C)(CC(N)=O)[C@@H]3CCC(N)=O)C(C)(C)[C@@H]2CCC(N)=O.[CH3-].[Co+3]. The number of phosphoric ester groups is 1.